The summed E-state index contributed by atoms with van der Waals surface area (Å²) in [6.45, 7) is 5.07. The van der Waals surface area contributed by atoms with Crippen molar-refractivity contribution >= 4 is 11.8 Å². The van der Waals surface area contributed by atoms with Crippen LogP contribution in [0.15, 0.2) is 29.3 Å². The standard InChI is InChI=1S/C21H28FN7/c1-15-9-12-28(13-10-15)21(25-2)26-11-3-4-19-18(14-23)20(24)29(27-19)17-7-5-16(22)6-8-17/h5-8,15H,3-4,9-13,24H2,1-2H3,(H,25,26). The van der Waals surface area contributed by atoms with Gasteiger partial charge in [0.15, 0.2) is 5.96 Å². The van der Waals surface area contributed by atoms with Gasteiger partial charge in [-0.15, -0.1) is 0 Å². The second-order valence-corrected chi connectivity index (χ2v) is 7.45. The number of guanidine groups is 1. The van der Waals surface area contributed by atoms with Gasteiger partial charge in [-0.3, -0.25) is 4.99 Å². The molecule has 0 saturated carbocycles. The number of aromatic nitrogens is 2. The number of likely N-dealkylation sites (tertiary alicyclic amines) is 1. The van der Waals surface area contributed by atoms with E-state index in [-0.39, 0.29) is 11.6 Å². The number of aliphatic imine (C=N–C) groups is 1. The van der Waals surface area contributed by atoms with E-state index >= 15 is 0 Å². The van der Waals surface area contributed by atoms with E-state index in [9.17, 15) is 9.65 Å². The minimum Gasteiger partial charge on any atom is -0.382 e. The van der Waals surface area contributed by atoms with Crippen LogP contribution in [0.2, 0.25) is 0 Å². The van der Waals surface area contributed by atoms with Gasteiger partial charge >= 0.3 is 0 Å². The fraction of sp³-hybridized carbons (Fsp3) is 0.476. The highest BCUT2D eigenvalue weighted by molar-refractivity contribution is 5.79. The third-order valence-corrected chi connectivity index (χ3v) is 5.35. The SMILES string of the molecule is CN=C(NCCCc1nn(-c2ccc(F)cc2)c(N)c1C#N)N1CCC(C)CC1. The summed E-state index contributed by atoms with van der Waals surface area (Å²) in [6.07, 6.45) is 3.78. The fourth-order valence-electron chi connectivity index (χ4n) is 3.56. The largest absolute Gasteiger partial charge is 0.382 e. The molecule has 0 amide bonds. The van der Waals surface area contributed by atoms with Crippen molar-refractivity contribution < 1.29 is 4.39 Å². The van der Waals surface area contributed by atoms with Crippen molar-refractivity contribution in [3.05, 3.63) is 41.3 Å². The summed E-state index contributed by atoms with van der Waals surface area (Å²) >= 11 is 0. The number of benzene rings is 1. The number of halogens is 1. The van der Waals surface area contributed by atoms with E-state index < -0.39 is 0 Å². The average molecular weight is 398 g/mol. The molecule has 0 aliphatic carbocycles. The number of nitrogen functional groups attached to an aromatic ring is 1. The Morgan fingerprint density at radius 3 is 2.66 bits per heavy atom. The second-order valence-electron chi connectivity index (χ2n) is 7.45. The highest BCUT2D eigenvalue weighted by Gasteiger charge is 2.19. The maximum absolute atomic E-state index is 13.2. The van der Waals surface area contributed by atoms with Crippen molar-refractivity contribution in [1.29, 1.82) is 5.26 Å². The summed E-state index contributed by atoms with van der Waals surface area (Å²) in [7, 11) is 1.80. The van der Waals surface area contributed by atoms with Gasteiger partial charge in [0.05, 0.1) is 11.4 Å². The number of anilines is 1. The van der Waals surface area contributed by atoms with Gasteiger partial charge in [-0.05, 0) is 55.9 Å². The van der Waals surface area contributed by atoms with Crippen molar-refractivity contribution in [2.24, 2.45) is 10.9 Å². The van der Waals surface area contributed by atoms with E-state index in [1.165, 1.54) is 29.7 Å². The van der Waals surface area contributed by atoms with Gasteiger partial charge in [-0.25, -0.2) is 9.07 Å². The number of nitrogens with two attached hydrogens (primary N) is 1. The molecule has 2 heterocycles. The molecule has 3 N–H and O–H groups in total. The monoisotopic (exact) mass is 397 g/mol. The molecule has 0 radical (unpaired) electrons. The number of hydrogen-bond donors (Lipinski definition) is 2. The number of hydrogen-bond acceptors (Lipinski definition) is 4. The van der Waals surface area contributed by atoms with Crippen LogP contribution in [-0.2, 0) is 6.42 Å². The van der Waals surface area contributed by atoms with E-state index in [4.69, 9.17) is 5.73 Å². The fourth-order valence-corrected chi connectivity index (χ4v) is 3.56. The molecule has 7 nitrogen and oxygen atoms in total. The van der Waals surface area contributed by atoms with Gasteiger partial charge in [-0.1, -0.05) is 6.92 Å². The highest BCUT2D eigenvalue weighted by atomic mass is 19.1. The highest BCUT2D eigenvalue weighted by Crippen LogP contribution is 2.22. The van der Waals surface area contributed by atoms with Crippen molar-refractivity contribution in [1.82, 2.24) is 20.0 Å². The topological polar surface area (TPSA) is 95.3 Å². The minimum absolute atomic E-state index is 0.278. The Bertz CT molecular complexity index is 887. The van der Waals surface area contributed by atoms with E-state index in [2.05, 4.69) is 33.3 Å². The number of aryl methyl sites for hydroxylation is 1. The Kier molecular flexibility index (Phi) is 6.70. The van der Waals surface area contributed by atoms with Crippen LogP contribution >= 0.6 is 0 Å². The Morgan fingerprint density at radius 2 is 2.03 bits per heavy atom. The molecule has 1 aromatic heterocycles. The molecule has 1 aliphatic heterocycles. The van der Waals surface area contributed by atoms with Crippen molar-refractivity contribution in [3.8, 4) is 11.8 Å². The number of nitrogens with one attached hydrogen (secondary N) is 1. The van der Waals surface area contributed by atoms with Crippen molar-refractivity contribution in [3.63, 3.8) is 0 Å². The van der Waals surface area contributed by atoms with Gasteiger partial charge in [0.2, 0.25) is 0 Å². The predicted molar refractivity (Wildman–Crippen MR) is 112 cm³/mol. The van der Waals surface area contributed by atoms with E-state index in [1.54, 1.807) is 19.2 Å². The van der Waals surface area contributed by atoms with Crippen LogP contribution in [0.5, 0.6) is 0 Å². The van der Waals surface area contributed by atoms with Crippen molar-refractivity contribution in [2.45, 2.75) is 32.6 Å². The van der Waals surface area contributed by atoms with Gasteiger partial charge in [-0.2, -0.15) is 10.4 Å². The van der Waals surface area contributed by atoms with E-state index in [0.29, 0.717) is 23.4 Å². The third kappa shape index (κ3) is 4.86. The Labute approximate surface area is 171 Å². The third-order valence-electron chi connectivity index (χ3n) is 5.35. The lowest BCUT2D eigenvalue weighted by Crippen LogP contribution is -2.45. The summed E-state index contributed by atoms with van der Waals surface area (Å²) in [6, 6.07) is 8.02. The quantitative estimate of drug-likeness (QED) is 0.459. The molecule has 1 saturated heterocycles. The first kappa shape index (κ1) is 20.6. The molecule has 0 unspecified atom stereocenters. The molecule has 1 aliphatic rings. The molecule has 8 heteroatoms. The molecule has 29 heavy (non-hydrogen) atoms. The van der Waals surface area contributed by atoms with Crippen LogP contribution < -0.4 is 11.1 Å². The molecule has 1 aromatic carbocycles. The normalized spacial score (nSPS) is 15.4. The number of rotatable bonds is 5. The minimum atomic E-state index is -0.331. The maximum Gasteiger partial charge on any atom is 0.193 e. The van der Waals surface area contributed by atoms with Crippen molar-refractivity contribution in [2.75, 3.05) is 32.4 Å². The molecule has 2 aromatic rings. The lowest BCUT2D eigenvalue weighted by Gasteiger charge is -2.32. The predicted octanol–water partition coefficient (Wildman–Crippen LogP) is 2.71. The zero-order valence-electron chi connectivity index (χ0n) is 17.0. The summed E-state index contributed by atoms with van der Waals surface area (Å²) < 4.78 is 14.7. The number of nitriles is 1. The summed E-state index contributed by atoms with van der Waals surface area (Å²) in [5.74, 6) is 1.65. The summed E-state index contributed by atoms with van der Waals surface area (Å²) in [5.41, 5.74) is 7.77. The summed E-state index contributed by atoms with van der Waals surface area (Å²) in [4.78, 5) is 6.68. The first-order chi connectivity index (χ1) is 14.0. The Morgan fingerprint density at radius 1 is 1.34 bits per heavy atom. The number of piperidine rings is 1. The number of nitrogens with zero attached hydrogens (tertiary/aromatic N) is 5. The van der Waals surface area contributed by atoms with Crippen LogP contribution in [0.1, 0.15) is 37.4 Å². The molecule has 0 bridgehead atoms. The molecule has 0 spiro atoms. The second kappa shape index (κ2) is 9.41. The lowest BCUT2D eigenvalue weighted by molar-refractivity contribution is 0.273. The first-order valence-corrected chi connectivity index (χ1v) is 10.0. The van der Waals surface area contributed by atoms with Crippen LogP contribution in [0.25, 0.3) is 5.69 Å². The lowest BCUT2D eigenvalue weighted by atomic mass is 10.00. The van der Waals surface area contributed by atoms with E-state index in [1.807, 2.05) is 0 Å². The van der Waals surface area contributed by atoms with Crippen LogP contribution in [0.3, 0.4) is 0 Å². The Balaban J connectivity index is 1.60. The van der Waals surface area contributed by atoms with Gasteiger partial charge in [0.1, 0.15) is 23.3 Å². The average Bonchev–Trinajstić information content (AvgIpc) is 3.05. The first-order valence-electron chi connectivity index (χ1n) is 10.0. The molecule has 1 fully saturated rings. The maximum atomic E-state index is 13.2. The van der Waals surface area contributed by atoms with Gasteiger partial charge < -0.3 is 16.0 Å². The van der Waals surface area contributed by atoms with E-state index in [0.717, 1.165) is 37.9 Å². The van der Waals surface area contributed by atoms with Crippen LogP contribution in [0, 0.1) is 23.1 Å². The molecule has 154 valence electrons. The zero-order valence-corrected chi connectivity index (χ0v) is 17.0. The smallest absolute Gasteiger partial charge is 0.193 e. The van der Waals surface area contributed by atoms with Gasteiger partial charge in [0.25, 0.3) is 0 Å². The summed E-state index contributed by atoms with van der Waals surface area (Å²) in [5, 5.41) is 17.4. The molecular weight excluding hydrogens is 369 g/mol. The molecule has 0 atom stereocenters. The van der Waals surface area contributed by atoms with Crippen LogP contribution in [0.4, 0.5) is 10.2 Å². The molecule has 3 rings (SSSR count). The zero-order chi connectivity index (χ0) is 20.8. The molecular formula is C21H28FN7. The van der Waals surface area contributed by atoms with Gasteiger partial charge in [0, 0.05) is 26.7 Å². The Hall–Kier alpha value is -3.08. The van der Waals surface area contributed by atoms with Crippen LogP contribution in [-0.4, -0.2) is 47.3 Å².